The monoisotopic (exact) mass is 344 g/mol. The van der Waals surface area contributed by atoms with Crippen molar-refractivity contribution in [3.8, 4) is 5.75 Å². The van der Waals surface area contributed by atoms with Gasteiger partial charge in [0.2, 0.25) is 0 Å². The van der Waals surface area contributed by atoms with E-state index in [1.165, 1.54) is 12.8 Å². The Balaban J connectivity index is 1.48. The largest absolute Gasteiger partial charge is 0.495 e. The Morgan fingerprint density at radius 3 is 2.46 bits per heavy atom. The number of halogens is 1. The van der Waals surface area contributed by atoms with Crippen molar-refractivity contribution >= 4 is 23.1 Å². The summed E-state index contributed by atoms with van der Waals surface area (Å²) in [5.41, 5.74) is 1.15. The highest BCUT2D eigenvalue weighted by atomic mass is 35.5. The smallest absolute Gasteiger partial charge is 0.142 e. The van der Waals surface area contributed by atoms with Crippen LogP contribution in [0, 0.1) is 0 Å². The van der Waals surface area contributed by atoms with Crippen LogP contribution in [-0.2, 0) is 0 Å². The molecule has 2 aromatic rings. The van der Waals surface area contributed by atoms with Gasteiger partial charge >= 0.3 is 0 Å². The third kappa shape index (κ3) is 3.13. The van der Waals surface area contributed by atoms with Crippen LogP contribution in [0.4, 0.5) is 11.5 Å². The molecule has 1 aromatic carbocycles. The maximum atomic E-state index is 6.20. The van der Waals surface area contributed by atoms with Crippen LogP contribution in [0.5, 0.6) is 5.75 Å². The lowest BCUT2D eigenvalue weighted by atomic mass is 10.2. The van der Waals surface area contributed by atoms with Crippen LogP contribution in [-0.4, -0.2) is 43.3 Å². The van der Waals surface area contributed by atoms with Gasteiger partial charge in [-0.05, 0) is 25.0 Å². The minimum atomic E-state index is 0.511. The zero-order valence-electron chi connectivity index (χ0n) is 13.8. The van der Waals surface area contributed by atoms with Gasteiger partial charge in [0.25, 0.3) is 0 Å². The fraction of sp³-hybridized carbons (Fsp3) is 0.444. The molecule has 1 saturated carbocycles. The number of methoxy groups -OCH3 is 1. The molecule has 126 valence electrons. The number of nitrogens with zero attached hydrogens (tertiary/aromatic N) is 4. The Hall–Kier alpha value is -2.01. The van der Waals surface area contributed by atoms with E-state index in [1.807, 2.05) is 18.2 Å². The molecule has 2 aliphatic rings. The van der Waals surface area contributed by atoms with Crippen molar-refractivity contribution in [2.24, 2.45) is 0 Å². The van der Waals surface area contributed by atoms with Gasteiger partial charge in [0.1, 0.15) is 22.5 Å². The number of ether oxygens (including phenoxy) is 1. The Labute approximate surface area is 147 Å². The third-order valence-corrected chi connectivity index (χ3v) is 4.86. The van der Waals surface area contributed by atoms with Crippen LogP contribution in [0.15, 0.2) is 30.3 Å². The minimum Gasteiger partial charge on any atom is -0.495 e. The van der Waals surface area contributed by atoms with Crippen molar-refractivity contribution in [3.05, 3.63) is 41.3 Å². The second-order valence-electron chi connectivity index (χ2n) is 6.33. The first-order valence-electron chi connectivity index (χ1n) is 8.42. The summed E-state index contributed by atoms with van der Waals surface area (Å²) < 4.78 is 5.48. The van der Waals surface area contributed by atoms with Crippen molar-refractivity contribution in [3.63, 3.8) is 0 Å². The zero-order chi connectivity index (χ0) is 16.5. The molecule has 24 heavy (non-hydrogen) atoms. The number of rotatable bonds is 4. The molecule has 4 rings (SSSR count). The molecule has 1 aliphatic carbocycles. The van der Waals surface area contributed by atoms with Crippen LogP contribution < -0.4 is 14.5 Å². The highest BCUT2D eigenvalue weighted by molar-refractivity contribution is 6.29. The highest BCUT2D eigenvalue weighted by Crippen LogP contribution is 2.39. The summed E-state index contributed by atoms with van der Waals surface area (Å²) in [6.45, 7) is 3.69. The summed E-state index contributed by atoms with van der Waals surface area (Å²) in [5, 5.41) is 0.550. The van der Waals surface area contributed by atoms with Gasteiger partial charge in [0, 0.05) is 38.2 Å². The number of para-hydroxylation sites is 2. The fourth-order valence-electron chi connectivity index (χ4n) is 3.18. The number of hydrogen-bond acceptors (Lipinski definition) is 5. The van der Waals surface area contributed by atoms with Gasteiger partial charge in [-0.2, -0.15) is 0 Å². The molecule has 1 saturated heterocycles. The Kier molecular flexibility index (Phi) is 4.19. The topological polar surface area (TPSA) is 41.5 Å². The van der Waals surface area contributed by atoms with Crippen LogP contribution in [0.2, 0.25) is 5.15 Å². The first kappa shape index (κ1) is 15.5. The van der Waals surface area contributed by atoms with Crippen molar-refractivity contribution in [2.45, 2.75) is 18.8 Å². The third-order valence-electron chi connectivity index (χ3n) is 4.67. The predicted octanol–water partition coefficient (Wildman–Crippen LogP) is 3.34. The lowest BCUT2D eigenvalue weighted by Crippen LogP contribution is -2.47. The zero-order valence-corrected chi connectivity index (χ0v) is 14.5. The SMILES string of the molecule is COc1ccccc1N1CCN(c2cc(Cl)nc(C3CC3)n2)CC1. The molecule has 1 aliphatic heterocycles. The van der Waals surface area contributed by atoms with Gasteiger partial charge in [-0.15, -0.1) is 0 Å². The van der Waals surface area contributed by atoms with Gasteiger partial charge < -0.3 is 14.5 Å². The van der Waals surface area contributed by atoms with E-state index in [9.17, 15) is 0 Å². The number of piperazine rings is 1. The summed E-state index contributed by atoms with van der Waals surface area (Å²) in [6.07, 6.45) is 2.36. The summed E-state index contributed by atoms with van der Waals surface area (Å²) in [6, 6.07) is 10.1. The molecule has 0 radical (unpaired) electrons. The number of aromatic nitrogens is 2. The maximum absolute atomic E-state index is 6.20. The van der Waals surface area contributed by atoms with E-state index >= 15 is 0 Å². The summed E-state index contributed by atoms with van der Waals surface area (Å²) in [7, 11) is 1.72. The molecule has 5 nitrogen and oxygen atoms in total. The van der Waals surface area contributed by atoms with Crippen molar-refractivity contribution in [1.82, 2.24) is 9.97 Å². The molecule has 0 spiro atoms. The Bertz CT molecular complexity index is 727. The molecule has 0 amide bonds. The van der Waals surface area contributed by atoms with Crippen molar-refractivity contribution < 1.29 is 4.74 Å². The molecule has 2 fully saturated rings. The summed E-state index contributed by atoms with van der Waals surface area (Å²) in [4.78, 5) is 13.8. The average molecular weight is 345 g/mol. The van der Waals surface area contributed by atoms with Crippen LogP contribution in [0.3, 0.4) is 0 Å². The van der Waals surface area contributed by atoms with Crippen LogP contribution in [0.25, 0.3) is 0 Å². The first-order chi connectivity index (χ1) is 11.7. The van der Waals surface area contributed by atoms with Crippen LogP contribution in [0.1, 0.15) is 24.6 Å². The minimum absolute atomic E-state index is 0.511. The predicted molar refractivity (Wildman–Crippen MR) is 96.4 cm³/mol. The quantitative estimate of drug-likeness (QED) is 0.796. The van der Waals surface area contributed by atoms with Crippen molar-refractivity contribution in [1.29, 1.82) is 0 Å². The van der Waals surface area contributed by atoms with Crippen molar-refractivity contribution in [2.75, 3.05) is 43.1 Å². The van der Waals surface area contributed by atoms with E-state index in [0.29, 0.717) is 11.1 Å². The van der Waals surface area contributed by atoms with Gasteiger partial charge in [-0.3, -0.25) is 0 Å². The van der Waals surface area contributed by atoms with Gasteiger partial charge in [0.05, 0.1) is 12.8 Å². The fourth-order valence-corrected chi connectivity index (χ4v) is 3.36. The second kappa shape index (κ2) is 6.48. The molecule has 6 heteroatoms. The van der Waals surface area contributed by atoms with E-state index in [2.05, 4.69) is 26.9 Å². The first-order valence-corrected chi connectivity index (χ1v) is 8.80. The molecule has 2 heterocycles. The molecule has 0 bridgehead atoms. The van der Waals surface area contributed by atoms with E-state index < -0.39 is 0 Å². The highest BCUT2D eigenvalue weighted by Gasteiger charge is 2.28. The molecule has 0 atom stereocenters. The van der Waals surface area contributed by atoms with E-state index in [4.69, 9.17) is 21.3 Å². The number of hydrogen-bond donors (Lipinski definition) is 0. The maximum Gasteiger partial charge on any atom is 0.142 e. The summed E-state index contributed by atoms with van der Waals surface area (Å²) >= 11 is 6.20. The normalized spacial score (nSPS) is 17.9. The lowest BCUT2D eigenvalue weighted by molar-refractivity contribution is 0.413. The van der Waals surface area contributed by atoms with Gasteiger partial charge in [-0.25, -0.2) is 9.97 Å². The lowest BCUT2D eigenvalue weighted by Gasteiger charge is -2.37. The average Bonchev–Trinajstić information content (AvgIpc) is 3.46. The van der Waals surface area contributed by atoms with E-state index in [1.54, 1.807) is 7.11 Å². The second-order valence-corrected chi connectivity index (χ2v) is 6.71. The molecular formula is C18H21ClN4O. The van der Waals surface area contributed by atoms with E-state index in [-0.39, 0.29) is 0 Å². The molecule has 1 aromatic heterocycles. The molecule has 0 N–H and O–H groups in total. The summed E-state index contributed by atoms with van der Waals surface area (Å²) in [5.74, 6) is 3.30. The van der Waals surface area contributed by atoms with Crippen LogP contribution >= 0.6 is 11.6 Å². The van der Waals surface area contributed by atoms with Gasteiger partial charge in [-0.1, -0.05) is 23.7 Å². The van der Waals surface area contributed by atoms with Gasteiger partial charge in [0.15, 0.2) is 0 Å². The molecular weight excluding hydrogens is 324 g/mol. The number of anilines is 2. The Morgan fingerprint density at radius 2 is 1.75 bits per heavy atom. The standard InChI is InChI=1S/C18H21ClN4O/c1-24-15-5-3-2-4-14(15)22-8-10-23(11-9-22)17-12-16(19)20-18(21-17)13-6-7-13/h2-5,12-13H,6-11H2,1H3. The molecule has 0 unspecified atom stereocenters. The number of benzene rings is 1. The van der Waals surface area contributed by atoms with E-state index in [0.717, 1.165) is 49.3 Å². The Morgan fingerprint density at radius 1 is 1.04 bits per heavy atom.